The second kappa shape index (κ2) is 4.24. The molecule has 0 radical (unpaired) electrons. The minimum absolute atomic E-state index is 0.209. The SMILES string of the molecule is CC(N)(C(=O)NCC1CCCS1(=O)=O)C1CC1. The predicted molar refractivity (Wildman–Crippen MR) is 65.1 cm³/mol. The van der Waals surface area contributed by atoms with Gasteiger partial charge in [0.15, 0.2) is 9.84 Å². The van der Waals surface area contributed by atoms with Crippen LogP contribution in [-0.2, 0) is 14.6 Å². The van der Waals surface area contributed by atoms with Gasteiger partial charge in [0, 0.05) is 6.54 Å². The van der Waals surface area contributed by atoms with Crippen LogP contribution in [0, 0.1) is 5.92 Å². The molecule has 6 heteroatoms. The Balaban J connectivity index is 1.88. The molecule has 3 N–H and O–H groups in total. The first kappa shape index (κ1) is 12.8. The number of carbonyl (C=O) groups is 1. The molecule has 1 saturated heterocycles. The number of nitrogens with one attached hydrogen (secondary N) is 1. The average molecular weight is 260 g/mol. The van der Waals surface area contributed by atoms with Crippen molar-refractivity contribution in [2.45, 2.75) is 43.4 Å². The zero-order chi connectivity index (χ0) is 12.7. The summed E-state index contributed by atoms with van der Waals surface area (Å²) in [6.07, 6.45) is 3.32. The molecule has 2 aliphatic rings. The van der Waals surface area contributed by atoms with Gasteiger partial charge in [0.1, 0.15) is 0 Å². The van der Waals surface area contributed by atoms with E-state index in [2.05, 4.69) is 5.32 Å². The summed E-state index contributed by atoms with van der Waals surface area (Å²) in [6, 6.07) is 0. The van der Waals surface area contributed by atoms with Gasteiger partial charge in [-0.25, -0.2) is 8.42 Å². The van der Waals surface area contributed by atoms with Crippen LogP contribution in [0.2, 0.25) is 0 Å². The number of amides is 1. The fourth-order valence-corrected chi connectivity index (χ4v) is 4.12. The molecule has 1 aliphatic carbocycles. The maximum atomic E-state index is 11.9. The van der Waals surface area contributed by atoms with Crippen molar-refractivity contribution >= 4 is 15.7 Å². The molecular weight excluding hydrogens is 240 g/mol. The molecule has 1 saturated carbocycles. The van der Waals surface area contributed by atoms with Gasteiger partial charge in [-0.15, -0.1) is 0 Å². The zero-order valence-electron chi connectivity index (χ0n) is 10.1. The first-order valence-corrected chi connectivity index (χ1v) is 7.84. The van der Waals surface area contributed by atoms with Crippen molar-refractivity contribution in [3.8, 4) is 0 Å². The lowest BCUT2D eigenvalue weighted by Crippen LogP contribution is -2.54. The molecule has 98 valence electrons. The maximum absolute atomic E-state index is 11.9. The molecule has 0 spiro atoms. The van der Waals surface area contributed by atoms with E-state index in [4.69, 9.17) is 5.73 Å². The zero-order valence-corrected chi connectivity index (χ0v) is 10.9. The van der Waals surface area contributed by atoms with E-state index in [1.54, 1.807) is 6.92 Å². The van der Waals surface area contributed by atoms with Crippen molar-refractivity contribution < 1.29 is 13.2 Å². The highest BCUT2D eigenvalue weighted by molar-refractivity contribution is 7.92. The van der Waals surface area contributed by atoms with Crippen molar-refractivity contribution in [2.75, 3.05) is 12.3 Å². The predicted octanol–water partition coefficient (Wildman–Crippen LogP) is -0.193. The van der Waals surface area contributed by atoms with Crippen LogP contribution in [0.25, 0.3) is 0 Å². The van der Waals surface area contributed by atoms with Gasteiger partial charge in [0.25, 0.3) is 0 Å². The van der Waals surface area contributed by atoms with E-state index in [0.29, 0.717) is 12.8 Å². The molecule has 1 heterocycles. The first-order chi connectivity index (χ1) is 7.84. The Morgan fingerprint density at radius 2 is 2.06 bits per heavy atom. The molecule has 0 aromatic rings. The van der Waals surface area contributed by atoms with E-state index in [-0.39, 0.29) is 24.1 Å². The third-order valence-electron chi connectivity index (χ3n) is 3.87. The number of rotatable bonds is 4. The Hall–Kier alpha value is -0.620. The Morgan fingerprint density at radius 1 is 1.41 bits per heavy atom. The van der Waals surface area contributed by atoms with Crippen molar-refractivity contribution in [1.29, 1.82) is 0 Å². The van der Waals surface area contributed by atoms with E-state index in [1.165, 1.54) is 0 Å². The van der Waals surface area contributed by atoms with Crippen LogP contribution < -0.4 is 11.1 Å². The van der Waals surface area contributed by atoms with Crippen LogP contribution in [0.3, 0.4) is 0 Å². The van der Waals surface area contributed by atoms with E-state index < -0.39 is 20.6 Å². The number of hydrogen-bond acceptors (Lipinski definition) is 4. The van der Waals surface area contributed by atoms with Crippen LogP contribution in [0.15, 0.2) is 0 Å². The first-order valence-electron chi connectivity index (χ1n) is 6.13. The Labute approximate surface area is 102 Å². The Morgan fingerprint density at radius 3 is 2.53 bits per heavy atom. The molecule has 2 fully saturated rings. The molecule has 2 rings (SSSR count). The van der Waals surface area contributed by atoms with Gasteiger partial charge in [-0.2, -0.15) is 0 Å². The summed E-state index contributed by atoms with van der Waals surface area (Å²) in [7, 11) is -2.99. The fourth-order valence-electron chi connectivity index (χ4n) is 2.35. The van der Waals surface area contributed by atoms with E-state index in [1.807, 2.05) is 0 Å². The van der Waals surface area contributed by atoms with Gasteiger partial charge >= 0.3 is 0 Å². The topological polar surface area (TPSA) is 89.3 Å². The Bertz CT molecular complexity index is 412. The van der Waals surface area contributed by atoms with E-state index in [0.717, 1.165) is 12.8 Å². The summed E-state index contributed by atoms with van der Waals surface area (Å²) < 4.78 is 23.2. The molecule has 1 aliphatic heterocycles. The van der Waals surface area contributed by atoms with E-state index >= 15 is 0 Å². The summed E-state index contributed by atoms with van der Waals surface area (Å²) >= 11 is 0. The standard InChI is InChI=1S/C11H20N2O3S/c1-11(12,8-4-5-8)10(14)13-7-9-3-2-6-17(9,15)16/h8-9H,2-7,12H2,1H3,(H,13,14). The maximum Gasteiger partial charge on any atom is 0.240 e. The second-order valence-electron chi connectivity index (χ2n) is 5.40. The lowest BCUT2D eigenvalue weighted by molar-refractivity contribution is -0.126. The highest BCUT2D eigenvalue weighted by Gasteiger charge is 2.44. The second-order valence-corrected chi connectivity index (χ2v) is 7.80. The van der Waals surface area contributed by atoms with Gasteiger partial charge in [-0.05, 0) is 38.5 Å². The van der Waals surface area contributed by atoms with Crippen molar-refractivity contribution in [3.63, 3.8) is 0 Å². The summed E-state index contributed by atoms with van der Waals surface area (Å²) in [5.74, 6) is 0.278. The number of nitrogens with two attached hydrogens (primary N) is 1. The third-order valence-corrected chi connectivity index (χ3v) is 6.14. The van der Waals surface area contributed by atoms with Gasteiger partial charge in [0.05, 0.1) is 16.5 Å². The average Bonchev–Trinajstić information content (AvgIpc) is 3.01. The van der Waals surface area contributed by atoms with E-state index in [9.17, 15) is 13.2 Å². The quantitative estimate of drug-likeness (QED) is 0.733. The van der Waals surface area contributed by atoms with Crippen LogP contribution in [0.1, 0.15) is 32.6 Å². The molecule has 0 bridgehead atoms. The van der Waals surface area contributed by atoms with Crippen LogP contribution in [0.4, 0.5) is 0 Å². The molecule has 5 nitrogen and oxygen atoms in total. The number of carbonyl (C=O) groups excluding carboxylic acids is 1. The van der Waals surface area contributed by atoms with Gasteiger partial charge in [-0.3, -0.25) is 4.79 Å². The molecule has 0 aromatic carbocycles. The lowest BCUT2D eigenvalue weighted by atomic mass is 9.96. The van der Waals surface area contributed by atoms with Gasteiger partial charge in [-0.1, -0.05) is 0 Å². The highest BCUT2D eigenvalue weighted by atomic mass is 32.2. The van der Waals surface area contributed by atoms with Crippen LogP contribution in [-0.4, -0.2) is 37.4 Å². The summed E-state index contributed by atoms with van der Waals surface area (Å²) in [5, 5.41) is 2.28. The summed E-state index contributed by atoms with van der Waals surface area (Å²) in [6.45, 7) is 1.93. The smallest absolute Gasteiger partial charge is 0.240 e. The summed E-state index contributed by atoms with van der Waals surface area (Å²) in [4.78, 5) is 11.9. The fraction of sp³-hybridized carbons (Fsp3) is 0.909. The van der Waals surface area contributed by atoms with Crippen molar-refractivity contribution in [3.05, 3.63) is 0 Å². The number of sulfone groups is 1. The third kappa shape index (κ3) is 2.63. The van der Waals surface area contributed by atoms with Crippen molar-refractivity contribution in [1.82, 2.24) is 5.32 Å². The molecule has 2 atom stereocenters. The molecule has 17 heavy (non-hydrogen) atoms. The molecule has 1 amide bonds. The monoisotopic (exact) mass is 260 g/mol. The highest BCUT2D eigenvalue weighted by Crippen LogP contribution is 2.38. The lowest BCUT2D eigenvalue weighted by Gasteiger charge is -2.24. The number of hydrogen-bond donors (Lipinski definition) is 2. The minimum atomic E-state index is -2.99. The van der Waals surface area contributed by atoms with Crippen LogP contribution in [0.5, 0.6) is 0 Å². The van der Waals surface area contributed by atoms with Crippen molar-refractivity contribution in [2.24, 2.45) is 11.7 Å². The molecule has 2 unspecified atom stereocenters. The molecular formula is C11H20N2O3S. The summed E-state index contributed by atoms with van der Waals surface area (Å²) in [5.41, 5.74) is 5.11. The normalized spacial score (nSPS) is 30.8. The van der Waals surface area contributed by atoms with Crippen LogP contribution >= 0.6 is 0 Å². The van der Waals surface area contributed by atoms with Gasteiger partial charge < -0.3 is 11.1 Å². The largest absolute Gasteiger partial charge is 0.353 e. The molecule has 0 aromatic heterocycles. The minimum Gasteiger partial charge on any atom is -0.353 e. The van der Waals surface area contributed by atoms with Gasteiger partial charge in [0.2, 0.25) is 5.91 Å². The Kier molecular flexibility index (Phi) is 3.20.